The number of rotatable bonds is 16. The molecule has 0 unspecified atom stereocenters. The van der Waals surface area contributed by atoms with Gasteiger partial charge in [0.25, 0.3) is 0 Å². The van der Waals surface area contributed by atoms with Gasteiger partial charge < -0.3 is 14.2 Å². The molecule has 0 bridgehead atoms. The number of hydrogen-bond donors (Lipinski definition) is 0. The molecule has 2 rings (SSSR count). The van der Waals surface area contributed by atoms with Crippen LogP contribution in [0.1, 0.15) is 99.3 Å². The molecule has 0 aliphatic rings. The van der Waals surface area contributed by atoms with Crippen molar-refractivity contribution in [3.8, 4) is 11.5 Å². The van der Waals surface area contributed by atoms with E-state index in [1.807, 2.05) is 13.8 Å². The van der Waals surface area contributed by atoms with Crippen molar-refractivity contribution in [1.29, 1.82) is 0 Å². The number of unbranched alkanes of at least 4 members (excludes halogenated alkanes) is 7. The maximum absolute atomic E-state index is 12.5. The first-order valence-electron chi connectivity index (χ1n) is 12.9. The molecular weight excluding hydrogens is 464 g/mol. The van der Waals surface area contributed by atoms with Crippen molar-refractivity contribution in [1.82, 2.24) is 0 Å². The van der Waals surface area contributed by atoms with Gasteiger partial charge in [-0.15, -0.1) is 0 Å². The molecular formula is C29H39ClO5. The van der Waals surface area contributed by atoms with Crippen molar-refractivity contribution in [3.63, 3.8) is 0 Å². The molecule has 0 fully saturated rings. The molecule has 1 atom stereocenters. The Morgan fingerprint density at radius 3 is 2.09 bits per heavy atom. The molecule has 2 aromatic rings. The smallest absolute Gasteiger partial charge is 0.343 e. The lowest BCUT2D eigenvalue weighted by atomic mass is 10.1. The average Bonchev–Trinajstić information content (AvgIpc) is 2.87. The van der Waals surface area contributed by atoms with Crippen LogP contribution >= 0.6 is 11.6 Å². The highest BCUT2D eigenvalue weighted by Crippen LogP contribution is 2.26. The Morgan fingerprint density at radius 2 is 1.46 bits per heavy atom. The first-order valence-corrected chi connectivity index (χ1v) is 13.2. The number of esters is 2. The summed E-state index contributed by atoms with van der Waals surface area (Å²) in [6, 6.07) is 11.2. The highest BCUT2D eigenvalue weighted by Gasteiger charge is 2.14. The molecule has 0 aliphatic heterocycles. The van der Waals surface area contributed by atoms with Crippen LogP contribution in [0.5, 0.6) is 11.5 Å². The van der Waals surface area contributed by atoms with Gasteiger partial charge in [-0.1, -0.05) is 83.7 Å². The Bertz CT molecular complexity index is 910. The first kappa shape index (κ1) is 28.7. The highest BCUT2D eigenvalue weighted by molar-refractivity contribution is 6.32. The molecule has 5 nitrogen and oxygen atoms in total. The van der Waals surface area contributed by atoms with Crippen LogP contribution in [-0.2, 0) is 4.74 Å². The van der Waals surface area contributed by atoms with Crippen molar-refractivity contribution < 1.29 is 23.8 Å². The van der Waals surface area contributed by atoms with Crippen LogP contribution in [0, 0.1) is 5.92 Å². The zero-order valence-electron chi connectivity index (χ0n) is 21.3. The van der Waals surface area contributed by atoms with Gasteiger partial charge in [0, 0.05) is 0 Å². The third-order valence-corrected chi connectivity index (χ3v) is 6.21. The van der Waals surface area contributed by atoms with Crippen LogP contribution in [0.15, 0.2) is 42.5 Å². The van der Waals surface area contributed by atoms with Crippen LogP contribution in [0.2, 0.25) is 5.02 Å². The number of ether oxygens (including phenoxy) is 3. The molecule has 0 N–H and O–H groups in total. The van der Waals surface area contributed by atoms with Gasteiger partial charge in [0.2, 0.25) is 0 Å². The topological polar surface area (TPSA) is 61.8 Å². The minimum atomic E-state index is -0.534. The lowest BCUT2D eigenvalue weighted by molar-refractivity contribution is 0.0447. The molecule has 0 spiro atoms. The fourth-order valence-electron chi connectivity index (χ4n) is 3.41. The van der Waals surface area contributed by atoms with E-state index in [1.54, 1.807) is 42.5 Å². The maximum Gasteiger partial charge on any atom is 0.343 e. The molecule has 0 saturated carbocycles. The van der Waals surface area contributed by atoms with Gasteiger partial charge in [-0.2, -0.15) is 0 Å². The standard InChI is InChI=1S/C29H39ClO5/c1-4-6-7-8-9-10-11-12-19-33-27-18-15-24(20-26(27)30)29(32)35-25-16-13-23(14-17-25)28(31)34-21-22(3)5-2/h13-18,20,22H,4-12,19,21H2,1-3H3/t22-/m0/s1. The second-order valence-electron chi connectivity index (χ2n) is 8.99. The molecule has 2 aromatic carbocycles. The summed E-state index contributed by atoms with van der Waals surface area (Å²) in [4.78, 5) is 24.6. The predicted molar refractivity (Wildman–Crippen MR) is 141 cm³/mol. The minimum absolute atomic E-state index is 0.313. The second kappa shape index (κ2) is 16.2. The lowest BCUT2D eigenvalue weighted by Gasteiger charge is -2.11. The molecule has 0 radical (unpaired) electrons. The Morgan fingerprint density at radius 1 is 0.829 bits per heavy atom. The van der Waals surface area contributed by atoms with Crippen LogP contribution in [-0.4, -0.2) is 25.2 Å². The summed E-state index contributed by atoms with van der Waals surface area (Å²) < 4.78 is 16.5. The van der Waals surface area contributed by atoms with Crippen molar-refractivity contribution in [2.45, 2.75) is 78.6 Å². The molecule has 0 saturated heterocycles. The van der Waals surface area contributed by atoms with Gasteiger partial charge in [0.05, 0.1) is 29.4 Å². The third-order valence-electron chi connectivity index (χ3n) is 5.92. The molecule has 35 heavy (non-hydrogen) atoms. The number of benzene rings is 2. The van der Waals surface area contributed by atoms with Crippen LogP contribution < -0.4 is 9.47 Å². The minimum Gasteiger partial charge on any atom is -0.492 e. The summed E-state index contributed by atoms with van der Waals surface area (Å²) in [6.45, 7) is 7.29. The maximum atomic E-state index is 12.5. The molecule has 6 heteroatoms. The Kier molecular flexibility index (Phi) is 13.3. The quantitative estimate of drug-likeness (QED) is 0.131. The molecule has 192 valence electrons. The van der Waals surface area contributed by atoms with Crippen molar-refractivity contribution in [2.75, 3.05) is 13.2 Å². The first-order chi connectivity index (χ1) is 16.9. The van der Waals surface area contributed by atoms with Crippen LogP contribution in [0.4, 0.5) is 0 Å². The van der Waals surface area contributed by atoms with E-state index >= 15 is 0 Å². The number of carbonyl (C=O) groups is 2. The SMILES string of the molecule is CCCCCCCCCCOc1ccc(C(=O)Oc2ccc(C(=O)OC[C@@H](C)CC)cc2)cc1Cl. The van der Waals surface area contributed by atoms with Gasteiger partial charge in [0.1, 0.15) is 11.5 Å². The summed E-state index contributed by atoms with van der Waals surface area (Å²) in [5.41, 5.74) is 0.737. The predicted octanol–water partition coefficient (Wildman–Crippen LogP) is 8.28. The summed E-state index contributed by atoms with van der Waals surface area (Å²) in [5.74, 6) is 0.282. The van der Waals surface area contributed by atoms with Crippen molar-refractivity contribution in [2.24, 2.45) is 5.92 Å². The summed E-state index contributed by atoms with van der Waals surface area (Å²) in [7, 11) is 0. The summed E-state index contributed by atoms with van der Waals surface area (Å²) in [6.07, 6.45) is 10.8. The van der Waals surface area contributed by atoms with Gasteiger partial charge in [-0.25, -0.2) is 9.59 Å². The average molecular weight is 503 g/mol. The van der Waals surface area contributed by atoms with E-state index in [0.717, 1.165) is 19.3 Å². The van der Waals surface area contributed by atoms with E-state index in [2.05, 4.69) is 6.92 Å². The monoisotopic (exact) mass is 502 g/mol. The normalized spacial score (nSPS) is 11.7. The van der Waals surface area contributed by atoms with Gasteiger partial charge in [-0.05, 0) is 54.8 Å². The van der Waals surface area contributed by atoms with E-state index in [9.17, 15) is 9.59 Å². The van der Waals surface area contributed by atoms with Gasteiger partial charge in [0.15, 0.2) is 0 Å². The summed E-state index contributed by atoms with van der Waals surface area (Å²) >= 11 is 6.32. The fraction of sp³-hybridized carbons (Fsp3) is 0.517. The van der Waals surface area contributed by atoms with Gasteiger partial charge in [-0.3, -0.25) is 0 Å². The zero-order chi connectivity index (χ0) is 25.5. The molecule has 0 amide bonds. The van der Waals surface area contributed by atoms with Crippen molar-refractivity contribution >= 4 is 23.5 Å². The Balaban J connectivity index is 1.77. The van der Waals surface area contributed by atoms with E-state index in [4.69, 9.17) is 25.8 Å². The molecule has 0 aliphatic carbocycles. The largest absolute Gasteiger partial charge is 0.492 e. The van der Waals surface area contributed by atoms with E-state index in [0.29, 0.717) is 46.8 Å². The Labute approximate surface area is 215 Å². The Hall–Kier alpha value is -2.53. The summed E-state index contributed by atoms with van der Waals surface area (Å²) in [5, 5.41) is 0.374. The van der Waals surface area contributed by atoms with Gasteiger partial charge >= 0.3 is 11.9 Å². The lowest BCUT2D eigenvalue weighted by Crippen LogP contribution is -2.12. The zero-order valence-corrected chi connectivity index (χ0v) is 22.1. The van der Waals surface area contributed by atoms with Crippen molar-refractivity contribution in [3.05, 3.63) is 58.6 Å². The van der Waals surface area contributed by atoms with E-state index < -0.39 is 11.9 Å². The third kappa shape index (κ3) is 10.7. The number of halogens is 1. The van der Waals surface area contributed by atoms with Crippen LogP contribution in [0.25, 0.3) is 0 Å². The highest BCUT2D eigenvalue weighted by atomic mass is 35.5. The van der Waals surface area contributed by atoms with E-state index in [1.165, 1.54) is 38.5 Å². The fourth-order valence-corrected chi connectivity index (χ4v) is 3.64. The van der Waals surface area contributed by atoms with Crippen LogP contribution in [0.3, 0.4) is 0 Å². The second-order valence-corrected chi connectivity index (χ2v) is 9.40. The van der Waals surface area contributed by atoms with E-state index in [-0.39, 0.29) is 0 Å². The molecule has 0 heterocycles. The number of hydrogen-bond acceptors (Lipinski definition) is 5. The molecule has 0 aromatic heterocycles. The number of carbonyl (C=O) groups excluding carboxylic acids is 2.